The summed E-state index contributed by atoms with van der Waals surface area (Å²) in [4.78, 5) is 8.69. The third kappa shape index (κ3) is 4.76. The van der Waals surface area contributed by atoms with Crippen LogP contribution in [0, 0.1) is 5.92 Å². The van der Waals surface area contributed by atoms with E-state index in [2.05, 4.69) is 30.3 Å². The number of benzene rings is 1. The summed E-state index contributed by atoms with van der Waals surface area (Å²) in [6, 6.07) is 5.39. The smallest absolute Gasteiger partial charge is 0.327 e. The first kappa shape index (κ1) is 23.7. The summed E-state index contributed by atoms with van der Waals surface area (Å²) in [5, 5.41) is 0. The lowest BCUT2D eigenvalue weighted by Crippen LogP contribution is -2.31. The lowest BCUT2D eigenvalue weighted by atomic mass is 9.94. The van der Waals surface area contributed by atoms with Crippen LogP contribution in [0.1, 0.15) is 58.7 Å². The van der Waals surface area contributed by atoms with E-state index in [9.17, 15) is 17.2 Å². The summed E-state index contributed by atoms with van der Waals surface area (Å²) >= 11 is 0. The van der Waals surface area contributed by atoms with Gasteiger partial charge in [-0.3, -0.25) is 4.31 Å². The zero-order chi connectivity index (χ0) is 24.0. The molecule has 180 valence electrons. The molecular weight excluding hydrogens is 448 g/mol. The quantitative estimate of drug-likeness (QED) is 0.484. The average Bonchev–Trinajstić information content (AvgIpc) is 3.36. The number of anilines is 1. The third-order valence-electron chi connectivity index (χ3n) is 6.37. The Morgan fingerprint density at radius 1 is 1.21 bits per heavy atom. The number of rotatable bonds is 5. The first-order valence-electron chi connectivity index (χ1n) is 11.2. The highest BCUT2D eigenvalue weighted by Crippen LogP contribution is 2.37. The predicted molar refractivity (Wildman–Crippen MR) is 125 cm³/mol. The molecule has 1 aliphatic rings. The topological polar surface area (TPSA) is 73.0 Å². The summed E-state index contributed by atoms with van der Waals surface area (Å²) in [7, 11) is -2.32. The number of fused-ring (bicyclic) bond motifs is 1. The second-order valence-corrected chi connectivity index (χ2v) is 11.9. The molecule has 0 saturated heterocycles. The molecule has 1 atom stereocenters. The molecule has 10 heteroatoms. The van der Waals surface area contributed by atoms with Crippen LogP contribution in [0.3, 0.4) is 0 Å². The minimum Gasteiger partial charge on any atom is -0.327 e. The molecule has 0 aliphatic heterocycles. The van der Waals surface area contributed by atoms with Crippen molar-refractivity contribution in [1.29, 1.82) is 0 Å². The molecule has 2 aromatic heterocycles. The zero-order valence-electron chi connectivity index (χ0n) is 19.5. The number of hydrogen-bond donors (Lipinski definition) is 0. The highest BCUT2D eigenvalue weighted by molar-refractivity contribution is 7.91. The van der Waals surface area contributed by atoms with Gasteiger partial charge in [0, 0.05) is 44.2 Å². The maximum Gasteiger partial charge on any atom is 0.330 e. The molecular formula is C23H31F2N5O2S. The van der Waals surface area contributed by atoms with Crippen LogP contribution in [0.2, 0.25) is 0 Å². The van der Waals surface area contributed by atoms with Gasteiger partial charge in [0.25, 0.3) is 0 Å². The molecule has 1 fully saturated rings. The number of alkyl halides is 2. The van der Waals surface area contributed by atoms with Crippen molar-refractivity contribution in [3.63, 3.8) is 0 Å². The molecule has 0 bridgehead atoms. The Balaban J connectivity index is 1.70. The fourth-order valence-corrected chi connectivity index (χ4v) is 5.55. The SMILES string of the molecule is CN(c1ccc2c(c1)nc(C(C)(C)C)n2CC1CCCC(F)(F)CC1)S(=O)(=O)n1ccnc1. The van der Waals surface area contributed by atoms with Crippen molar-refractivity contribution in [1.82, 2.24) is 18.5 Å². The molecule has 3 aromatic rings. The minimum atomic E-state index is -3.80. The van der Waals surface area contributed by atoms with Gasteiger partial charge in [0.2, 0.25) is 5.92 Å². The first-order chi connectivity index (χ1) is 15.4. The summed E-state index contributed by atoms with van der Waals surface area (Å²) in [5.41, 5.74) is 1.79. The molecule has 0 radical (unpaired) electrons. The van der Waals surface area contributed by atoms with Gasteiger partial charge in [0.05, 0.1) is 16.7 Å². The molecule has 1 aliphatic carbocycles. The Morgan fingerprint density at radius 3 is 2.64 bits per heavy atom. The second kappa shape index (κ2) is 8.38. The first-order valence-corrected chi connectivity index (χ1v) is 12.6. The van der Waals surface area contributed by atoms with Crippen LogP contribution in [0.4, 0.5) is 14.5 Å². The third-order valence-corrected chi connectivity index (χ3v) is 8.02. The van der Waals surface area contributed by atoms with Crippen molar-refractivity contribution in [3.8, 4) is 0 Å². The number of hydrogen-bond acceptors (Lipinski definition) is 4. The molecule has 1 aromatic carbocycles. The van der Waals surface area contributed by atoms with E-state index in [1.54, 1.807) is 12.1 Å². The Hall–Kier alpha value is -2.49. The van der Waals surface area contributed by atoms with Crippen molar-refractivity contribution in [2.75, 3.05) is 11.4 Å². The van der Waals surface area contributed by atoms with E-state index in [0.29, 0.717) is 30.6 Å². The summed E-state index contributed by atoms with van der Waals surface area (Å²) in [6.45, 7) is 6.84. The number of nitrogens with zero attached hydrogens (tertiary/aromatic N) is 5. The second-order valence-electron chi connectivity index (χ2n) is 9.99. The van der Waals surface area contributed by atoms with Crippen molar-refractivity contribution in [3.05, 3.63) is 42.7 Å². The molecule has 7 nitrogen and oxygen atoms in total. The van der Waals surface area contributed by atoms with Crippen LogP contribution in [-0.4, -0.2) is 39.9 Å². The van der Waals surface area contributed by atoms with Crippen molar-refractivity contribution in [2.45, 2.75) is 70.8 Å². The molecule has 33 heavy (non-hydrogen) atoms. The highest BCUT2D eigenvalue weighted by atomic mass is 32.2. The van der Waals surface area contributed by atoms with Crippen LogP contribution < -0.4 is 4.31 Å². The maximum absolute atomic E-state index is 13.9. The molecule has 1 saturated carbocycles. The monoisotopic (exact) mass is 479 g/mol. The Morgan fingerprint density at radius 2 is 1.97 bits per heavy atom. The van der Waals surface area contributed by atoms with Gasteiger partial charge >= 0.3 is 10.2 Å². The summed E-state index contributed by atoms with van der Waals surface area (Å²) in [5.74, 6) is -1.55. The van der Waals surface area contributed by atoms with Gasteiger partial charge < -0.3 is 4.57 Å². The largest absolute Gasteiger partial charge is 0.330 e. The normalized spacial score (nSPS) is 19.5. The van der Waals surface area contributed by atoms with Crippen LogP contribution >= 0.6 is 0 Å². The van der Waals surface area contributed by atoms with Crippen molar-refractivity contribution < 1.29 is 17.2 Å². The van der Waals surface area contributed by atoms with Gasteiger partial charge in [0.15, 0.2) is 0 Å². The fourth-order valence-electron chi connectivity index (χ4n) is 4.50. The van der Waals surface area contributed by atoms with Gasteiger partial charge in [-0.25, -0.2) is 22.7 Å². The molecule has 0 spiro atoms. The fraction of sp³-hybridized carbons (Fsp3) is 0.565. The van der Waals surface area contributed by atoms with Crippen LogP contribution in [-0.2, 0) is 22.2 Å². The molecule has 2 heterocycles. The van der Waals surface area contributed by atoms with E-state index in [-0.39, 0.29) is 24.2 Å². The standard InChI is InChI=1S/C23H31F2N5O2S/c1-22(2,3)21-27-19-14-18(28(4)33(31,32)29-13-12-26-16-29)7-8-20(19)30(21)15-17-6-5-10-23(24,25)11-9-17/h7-8,12-14,16-17H,5-6,9-11,15H2,1-4H3. The van der Waals surface area contributed by atoms with Crippen molar-refractivity contribution >= 4 is 26.9 Å². The van der Waals surface area contributed by atoms with Gasteiger partial charge in [-0.15, -0.1) is 0 Å². The number of aromatic nitrogens is 4. The van der Waals surface area contributed by atoms with Gasteiger partial charge in [-0.05, 0) is 43.4 Å². The van der Waals surface area contributed by atoms with E-state index < -0.39 is 16.1 Å². The Labute approximate surface area is 193 Å². The van der Waals surface area contributed by atoms with Crippen LogP contribution in [0.25, 0.3) is 11.0 Å². The Bertz CT molecular complexity index is 1230. The predicted octanol–water partition coefficient (Wildman–Crippen LogP) is 4.98. The van der Waals surface area contributed by atoms with Crippen molar-refractivity contribution in [2.24, 2.45) is 5.92 Å². The maximum atomic E-state index is 13.9. The van der Waals surface area contributed by atoms with E-state index in [0.717, 1.165) is 21.7 Å². The van der Waals surface area contributed by atoms with E-state index in [4.69, 9.17) is 4.98 Å². The van der Waals surface area contributed by atoms with Crippen LogP contribution in [0.5, 0.6) is 0 Å². The molecule has 0 amide bonds. The lowest BCUT2D eigenvalue weighted by Gasteiger charge is -2.23. The molecule has 4 rings (SSSR count). The van der Waals surface area contributed by atoms with Gasteiger partial charge in [-0.2, -0.15) is 8.42 Å². The van der Waals surface area contributed by atoms with E-state index in [1.165, 1.54) is 30.1 Å². The average molecular weight is 480 g/mol. The van der Waals surface area contributed by atoms with Crippen LogP contribution in [0.15, 0.2) is 36.9 Å². The molecule has 0 N–H and O–H groups in total. The van der Waals surface area contributed by atoms with Gasteiger partial charge in [0.1, 0.15) is 12.2 Å². The summed E-state index contributed by atoms with van der Waals surface area (Å²) < 4.78 is 57.9. The number of halogens is 2. The number of imidazole rings is 2. The highest BCUT2D eigenvalue weighted by Gasteiger charge is 2.33. The van der Waals surface area contributed by atoms with E-state index >= 15 is 0 Å². The Kier molecular flexibility index (Phi) is 6.01. The minimum absolute atomic E-state index is 0.0403. The van der Waals surface area contributed by atoms with Gasteiger partial charge in [-0.1, -0.05) is 20.8 Å². The molecule has 1 unspecified atom stereocenters. The lowest BCUT2D eigenvalue weighted by molar-refractivity contribution is -0.0149. The zero-order valence-corrected chi connectivity index (χ0v) is 20.3. The van der Waals surface area contributed by atoms with E-state index in [1.807, 2.05) is 6.07 Å². The summed E-state index contributed by atoms with van der Waals surface area (Å²) in [6.07, 6.45) is 5.70.